The van der Waals surface area contributed by atoms with Crippen LogP contribution in [-0.4, -0.2) is 32.8 Å². The van der Waals surface area contributed by atoms with Gasteiger partial charge < -0.3 is 19.2 Å². The Bertz CT molecular complexity index is 1170. The number of likely N-dealkylation sites (tertiary alicyclic amines) is 1. The maximum absolute atomic E-state index is 13.1. The van der Waals surface area contributed by atoms with Gasteiger partial charge in [-0.1, -0.05) is 6.07 Å². The second kappa shape index (κ2) is 8.70. The SMILES string of the molecule is Cc1cc(/C(O)=C2/C(=O)C(=O)N(Cc3ccco3)C2c2cccnc2)ccc1OC(C)C. The highest BCUT2D eigenvalue weighted by molar-refractivity contribution is 6.46. The van der Waals surface area contributed by atoms with E-state index in [0.717, 1.165) is 5.56 Å². The molecule has 1 unspecified atom stereocenters. The molecule has 1 fully saturated rings. The number of aryl methyl sites for hydroxylation is 1. The largest absolute Gasteiger partial charge is 0.507 e. The molecular formula is C25H24N2O5. The summed E-state index contributed by atoms with van der Waals surface area (Å²) in [5.74, 6) is -0.458. The fourth-order valence-corrected chi connectivity index (χ4v) is 3.84. The predicted molar refractivity (Wildman–Crippen MR) is 118 cm³/mol. The fraction of sp³-hybridized carbons (Fsp3) is 0.240. The number of aliphatic hydroxyl groups is 1. The number of pyridine rings is 1. The van der Waals surface area contributed by atoms with Crippen LogP contribution in [0.1, 0.15) is 42.3 Å². The standard InChI is InChI=1S/C25H24N2O5/c1-15(2)32-20-9-8-17(12-16(20)3)23(28)21-22(18-6-4-10-26-13-18)27(25(30)24(21)29)14-19-7-5-11-31-19/h4-13,15,22,28H,14H2,1-3H3/b23-21-. The Kier molecular flexibility index (Phi) is 5.81. The Balaban J connectivity index is 1.81. The molecule has 7 nitrogen and oxygen atoms in total. The van der Waals surface area contributed by atoms with Gasteiger partial charge in [0.1, 0.15) is 17.3 Å². The molecule has 3 aromatic rings. The van der Waals surface area contributed by atoms with Crippen molar-refractivity contribution in [3.05, 3.63) is 89.1 Å². The maximum atomic E-state index is 13.1. The number of carbonyl (C=O) groups excluding carboxylic acids is 2. The molecule has 1 amide bonds. The molecule has 0 saturated carbocycles. The van der Waals surface area contributed by atoms with E-state index in [0.29, 0.717) is 22.6 Å². The monoisotopic (exact) mass is 432 g/mol. The molecule has 4 rings (SSSR count). The molecule has 1 N–H and O–H groups in total. The van der Waals surface area contributed by atoms with Crippen LogP contribution >= 0.6 is 0 Å². The molecule has 2 aromatic heterocycles. The lowest BCUT2D eigenvalue weighted by Crippen LogP contribution is -2.29. The first-order valence-electron chi connectivity index (χ1n) is 10.3. The van der Waals surface area contributed by atoms with Crippen molar-refractivity contribution < 1.29 is 23.8 Å². The highest BCUT2D eigenvalue weighted by Gasteiger charge is 2.46. The number of amides is 1. The lowest BCUT2D eigenvalue weighted by Gasteiger charge is -2.24. The van der Waals surface area contributed by atoms with Gasteiger partial charge in [0.05, 0.1) is 30.5 Å². The van der Waals surface area contributed by atoms with Gasteiger partial charge >= 0.3 is 0 Å². The van der Waals surface area contributed by atoms with E-state index < -0.39 is 17.7 Å². The van der Waals surface area contributed by atoms with Gasteiger partial charge in [-0.05, 0) is 68.3 Å². The molecule has 0 aliphatic carbocycles. The number of nitrogens with zero attached hydrogens (tertiary/aromatic N) is 2. The summed E-state index contributed by atoms with van der Waals surface area (Å²) in [7, 11) is 0. The number of Topliss-reactive ketones (excluding diaryl/α,β-unsaturated/α-hetero) is 1. The number of furan rings is 1. The van der Waals surface area contributed by atoms with Crippen LogP contribution in [0.3, 0.4) is 0 Å². The predicted octanol–water partition coefficient (Wildman–Crippen LogP) is 4.39. The van der Waals surface area contributed by atoms with Crippen LogP contribution in [0.15, 0.2) is 71.1 Å². The van der Waals surface area contributed by atoms with E-state index in [1.54, 1.807) is 54.9 Å². The van der Waals surface area contributed by atoms with E-state index >= 15 is 0 Å². The zero-order valence-electron chi connectivity index (χ0n) is 18.1. The van der Waals surface area contributed by atoms with Gasteiger partial charge in [0.2, 0.25) is 0 Å². The third kappa shape index (κ3) is 4.01. The summed E-state index contributed by atoms with van der Waals surface area (Å²) in [6, 6.07) is 11.3. The number of ether oxygens (including phenoxy) is 1. The summed E-state index contributed by atoms with van der Waals surface area (Å²) in [5, 5.41) is 11.2. The number of benzene rings is 1. The van der Waals surface area contributed by atoms with E-state index in [1.807, 2.05) is 20.8 Å². The Morgan fingerprint density at radius 1 is 1.22 bits per heavy atom. The minimum Gasteiger partial charge on any atom is -0.507 e. The maximum Gasteiger partial charge on any atom is 0.296 e. The van der Waals surface area contributed by atoms with E-state index in [9.17, 15) is 14.7 Å². The van der Waals surface area contributed by atoms with Gasteiger partial charge in [0, 0.05) is 18.0 Å². The number of carbonyl (C=O) groups is 2. The third-order valence-corrected chi connectivity index (χ3v) is 5.26. The first kappa shape index (κ1) is 21.4. The van der Waals surface area contributed by atoms with Crippen molar-refractivity contribution in [2.24, 2.45) is 0 Å². The van der Waals surface area contributed by atoms with Gasteiger partial charge in [0.25, 0.3) is 11.7 Å². The molecule has 7 heteroatoms. The molecule has 1 aromatic carbocycles. The summed E-state index contributed by atoms with van der Waals surface area (Å²) in [6.45, 7) is 5.82. The average molecular weight is 432 g/mol. The van der Waals surface area contributed by atoms with Crippen molar-refractivity contribution in [1.82, 2.24) is 9.88 Å². The molecule has 1 aliphatic heterocycles. The van der Waals surface area contributed by atoms with Gasteiger partial charge in [-0.25, -0.2) is 0 Å². The van der Waals surface area contributed by atoms with E-state index in [-0.39, 0.29) is 24.0 Å². The smallest absolute Gasteiger partial charge is 0.296 e. The Hall–Kier alpha value is -3.87. The number of rotatable bonds is 6. The van der Waals surface area contributed by atoms with Gasteiger partial charge in [0.15, 0.2) is 0 Å². The lowest BCUT2D eigenvalue weighted by molar-refractivity contribution is -0.140. The average Bonchev–Trinajstić information content (AvgIpc) is 3.37. The first-order chi connectivity index (χ1) is 15.4. The lowest BCUT2D eigenvalue weighted by atomic mass is 9.95. The first-order valence-corrected chi connectivity index (χ1v) is 10.3. The summed E-state index contributed by atoms with van der Waals surface area (Å²) in [6.07, 6.45) is 4.71. The zero-order valence-corrected chi connectivity index (χ0v) is 18.1. The van der Waals surface area contributed by atoms with Crippen molar-refractivity contribution in [3.63, 3.8) is 0 Å². The summed E-state index contributed by atoms with van der Waals surface area (Å²) in [5.41, 5.74) is 1.89. The Morgan fingerprint density at radius 3 is 2.66 bits per heavy atom. The van der Waals surface area contributed by atoms with Crippen LogP contribution in [0.25, 0.3) is 5.76 Å². The van der Waals surface area contributed by atoms with Crippen LogP contribution in [0.5, 0.6) is 5.75 Å². The van der Waals surface area contributed by atoms with Gasteiger partial charge in [-0.2, -0.15) is 0 Å². The van der Waals surface area contributed by atoms with Crippen LogP contribution < -0.4 is 4.74 Å². The third-order valence-electron chi connectivity index (χ3n) is 5.26. The fourth-order valence-electron chi connectivity index (χ4n) is 3.84. The highest BCUT2D eigenvalue weighted by Crippen LogP contribution is 2.40. The minimum atomic E-state index is -0.791. The molecule has 1 atom stereocenters. The summed E-state index contributed by atoms with van der Waals surface area (Å²) < 4.78 is 11.2. The van der Waals surface area contributed by atoms with Crippen molar-refractivity contribution in [1.29, 1.82) is 0 Å². The number of ketones is 1. The quantitative estimate of drug-likeness (QED) is 0.353. The summed E-state index contributed by atoms with van der Waals surface area (Å²) in [4.78, 5) is 31.5. The zero-order chi connectivity index (χ0) is 22.8. The van der Waals surface area contributed by atoms with Gasteiger partial charge in [-0.15, -0.1) is 0 Å². The van der Waals surface area contributed by atoms with Crippen LogP contribution in [0.4, 0.5) is 0 Å². The van der Waals surface area contributed by atoms with E-state index in [2.05, 4.69) is 4.98 Å². The number of hydrogen-bond acceptors (Lipinski definition) is 6. The van der Waals surface area contributed by atoms with Crippen molar-refractivity contribution in [2.45, 2.75) is 39.5 Å². The van der Waals surface area contributed by atoms with Crippen molar-refractivity contribution >= 4 is 17.4 Å². The van der Waals surface area contributed by atoms with Crippen LogP contribution in [0, 0.1) is 6.92 Å². The molecule has 32 heavy (non-hydrogen) atoms. The van der Waals surface area contributed by atoms with Crippen LogP contribution in [-0.2, 0) is 16.1 Å². The number of hydrogen-bond donors (Lipinski definition) is 1. The molecule has 0 bridgehead atoms. The van der Waals surface area contributed by atoms with Gasteiger partial charge in [-0.3, -0.25) is 14.6 Å². The van der Waals surface area contributed by atoms with Crippen molar-refractivity contribution in [2.75, 3.05) is 0 Å². The molecule has 1 saturated heterocycles. The molecule has 164 valence electrons. The van der Waals surface area contributed by atoms with E-state index in [1.165, 1.54) is 11.2 Å². The van der Waals surface area contributed by atoms with E-state index in [4.69, 9.17) is 9.15 Å². The molecular weight excluding hydrogens is 408 g/mol. The Morgan fingerprint density at radius 2 is 2.03 bits per heavy atom. The topological polar surface area (TPSA) is 92.9 Å². The minimum absolute atomic E-state index is 0.00523. The number of aliphatic hydroxyl groups excluding tert-OH is 1. The van der Waals surface area contributed by atoms with Crippen molar-refractivity contribution in [3.8, 4) is 5.75 Å². The molecule has 1 aliphatic rings. The second-order valence-electron chi connectivity index (χ2n) is 7.94. The molecule has 3 heterocycles. The highest BCUT2D eigenvalue weighted by atomic mass is 16.5. The summed E-state index contributed by atoms with van der Waals surface area (Å²) >= 11 is 0. The molecule has 0 radical (unpaired) electrons. The van der Waals surface area contributed by atoms with Crippen LogP contribution in [0.2, 0.25) is 0 Å². The molecule has 0 spiro atoms. The normalized spacial score (nSPS) is 17.9. The second-order valence-corrected chi connectivity index (χ2v) is 7.94. The number of aromatic nitrogens is 1. The Labute approximate surface area is 186 Å².